The molecule has 0 radical (unpaired) electrons. The Morgan fingerprint density at radius 3 is 2.39 bits per heavy atom. The predicted octanol–water partition coefficient (Wildman–Crippen LogP) is 2.46. The molecule has 33 heavy (non-hydrogen) atoms. The van der Waals surface area contributed by atoms with E-state index in [1.165, 1.54) is 18.2 Å². The zero-order chi connectivity index (χ0) is 22.6. The van der Waals surface area contributed by atoms with Crippen molar-refractivity contribution < 1.29 is 17.9 Å². The molecule has 0 atom stereocenters. The molecule has 0 unspecified atom stereocenters. The van der Waals surface area contributed by atoms with Crippen molar-refractivity contribution in [2.24, 2.45) is 10.7 Å². The van der Waals surface area contributed by atoms with Crippen molar-refractivity contribution in [1.29, 1.82) is 5.41 Å². The first-order valence-corrected chi connectivity index (χ1v) is 11.5. The molecule has 1 heterocycles. The number of thiocarbonyl (C=S) groups is 1. The quantitative estimate of drug-likeness (QED) is 0.185. The Bertz CT molecular complexity index is 1190. The molecule has 0 saturated carbocycles. The Balaban J connectivity index is 0.00000272. The second-order valence-electron chi connectivity index (χ2n) is 6.78. The van der Waals surface area contributed by atoms with Crippen LogP contribution in [0, 0.1) is 5.41 Å². The molecule has 0 aliphatic carbocycles. The van der Waals surface area contributed by atoms with Gasteiger partial charge in [-0.3, -0.25) is 20.5 Å². The molecular weight excluding hydrogens is 509 g/mol. The third kappa shape index (κ3) is 7.67. The maximum atomic E-state index is 12.2. The highest BCUT2D eigenvalue weighted by atomic mass is 35.5. The topological polar surface area (TPSA) is 147 Å². The Kier molecular flexibility index (Phi) is 10.2. The van der Waals surface area contributed by atoms with Gasteiger partial charge in [-0.15, -0.1) is 24.8 Å². The van der Waals surface area contributed by atoms with E-state index < -0.39 is 21.7 Å². The van der Waals surface area contributed by atoms with Gasteiger partial charge in [-0.1, -0.05) is 24.4 Å². The van der Waals surface area contributed by atoms with Crippen LogP contribution in [0.5, 0.6) is 11.5 Å². The molecule has 1 aliphatic heterocycles. The zero-order valence-corrected chi connectivity index (χ0v) is 20.7. The van der Waals surface area contributed by atoms with E-state index in [0.29, 0.717) is 12.2 Å². The predicted molar refractivity (Wildman–Crippen MR) is 137 cm³/mol. The van der Waals surface area contributed by atoms with Crippen LogP contribution in [-0.4, -0.2) is 50.3 Å². The number of benzene rings is 2. The summed E-state index contributed by atoms with van der Waals surface area (Å²) >= 11 is 5.47. The summed E-state index contributed by atoms with van der Waals surface area (Å²) in [6.07, 6.45) is 1.57. The fourth-order valence-electron chi connectivity index (χ4n) is 2.87. The minimum Gasteiger partial charge on any atom is -0.456 e. The number of nitrogens with zero attached hydrogens (tertiary/aromatic N) is 1. The van der Waals surface area contributed by atoms with Crippen LogP contribution in [0.25, 0.3) is 0 Å². The van der Waals surface area contributed by atoms with Gasteiger partial charge in [0.2, 0.25) is 0 Å². The number of carbonyl (C=O) groups is 1. The SMILES string of the molecule is CS(=O)(=O)c1cc(C(=O)NC(=N)N)ccc1Oc1ccc(C(=S)CC2=NCCN2)cc1.Cl.Cl. The molecule has 13 heteroatoms. The zero-order valence-electron chi connectivity index (χ0n) is 17.5. The molecule has 178 valence electrons. The van der Waals surface area contributed by atoms with Gasteiger partial charge in [0.15, 0.2) is 15.8 Å². The van der Waals surface area contributed by atoms with E-state index in [1.807, 2.05) is 0 Å². The minimum absolute atomic E-state index is 0. The maximum Gasteiger partial charge on any atom is 0.257 e. The van der Waals surface area contributed by atoms with Crippen molar-refractivity contribution >= 4 is 69.4 Å². The number of halogens is 2. The third-order valence-corrected chi connectivity index (χ3v) is 5.83. The van der Waals surface area contributed by atoms with Crippen molar-refractivity contribution in [3.63, 3.8) is 0 Å². The van der Waals surface area contributed by atoms with Gasteiger partial charge in [0, 0.05) is 29.6 Å². The normalized spacial score (nSPS) is 12.3. The lowest BCUT2D eigenvalue weighted by Crippen LogP contribution is -2.35. The van der Waals surface area contributed by atoms with Crippen molar-refractivity contribution in [1.82, 2.24) is 10.6 Å². The summed E-state index contributed by atoms with van der Waals surface area (Å²) in [6.45, 7) is 1.57. The Labute approximate surface area is 209 Å². The number of amides is 1. The Morgan fingerprint density at radius 1 is 1.21 bits per heavy atom. The van der Waals surface area contributed by atoms with Crippen LogP contribution in [0.2, 0.25) is 0 Å². The van der Waals surface area contributed by atoms with Gasteiger partial charge in [-0.2, -0.15) is 0 Å². The summed E-state index contributed by atoms with van der Waals surface area (Å²) < 4.78 is 30.2. The number of sulfone groups is 1. The number of guanidine groups is 1. The van der Waals surface area contributed by atoms with Gasteiger partial charge in [0.05, 0.1) is 6.54 Å². The van der Waals surface area contributed by atoms with Crippen molar-refractivity contribution in [3.05, 3.63) is 53.6 Å². The van der Waals surface area contributed by atoms with E-state index in [1.54, 1.807) is 24.3 Å². The Hall–Kier alpha value is -2.73. The molecule has 0 aromatic heterocycles. The van der Waals surface area contributed by atoms with E-state index in [9.17, 15) is 13.2 Å². The molecule has 0 saturated heterocycles. The number of hydrogen-bond donors (Lipinski definition) is 4. The largest absolute Gasteiger partial charge is 0.456 e. The van der Waals surface area contributed by atoms with Gasteiger partial charge < -0.3 is 15.8 Å². The average Bonchev–Trinajstić information content (AvgIpc) is 3.20. The van der Waals surface area contributed by atoms with Crippen molar-refractivity contribution in [2.75, 3.05) is 19.3 Å². The van der Waals surface area contributed by atoms with E-state index in [0.717, 1.165) is 35.6 Å². The van der Waals surface area contributed by atoms with Crippen LogP contribution >= 0.6 is 37.0 Å². The summed E-state index contributed by atoms with van der Waals surface area (Å²) in [6, 6.07) is 10.9. The highest BCUT2D eigenvalue weighted by Gasteiger charge is 2.19. The minimum atomic E-state index is -3.70. The van der Waals surface area contributed by atoms with Gasteiger partial charge >= 0.3 is 0 Å². The molecule has 1 amide bonds. The van der Waals surface area contributed by atoms with Crippen molar-refractivity contribution in [2.45, 2.75) is 11.3 Å². The van der Waals surface area contributed by atoms with Gasteiger partial charge in [-0.25, -0.2) is 8.42 Å². The van der Waals surface area contributed by atoms with Crippen LogP contribution in [0.4, 0.5) is 0 Å². The lowest BCUT2D eigenvalue weighted by Gasteiger charge is -2.12. The van der Waals surface area contributed by atoms with E-state index in [2.05, 4.69) is 15.6 Å². The molecule has 2 aromatic rings. The first-order valence-electron chi connectivity index (χ1n) is 9.21. The average molecular weight is 532 g/mol. The summed E-state index contributed by atoms with van der Waals surface area (Å²) in [5.74, 6) is 0.121. The van der Waals surface area contributed by atoms with Gasteiger partial charge in [0.25, 0.3) is 5.91 Å². The van der Waals surface area contributed by atoms with Crippen molar-refractivity contribution in [3.8, 4) is 11.5 Å². The number of nitrogens with two attached hydrogens (primary N) is 1. The van der Waals surface area contributed by atoms with Crippen LogP contribution < -0.4 is 21.1 Å². The van der Waals surface area contributed by atoms with E-state index in [4.69, 9.17) is 28.1 Å². The molecule has 9 nitrogen and oxygen atoms in total. The number of rotatable bonds is 7. The monoisotopic (exact) mass is 531 g/mol. The number of hydrogen-bond acceptors (Lipinski definition) is 8. The Morgan fingerprint density at radius 2 is 1.85 bits per heavy atom. The summed E-state index contributed by atoms with van der Waals surface area (Å²) in [7, 11) is -3.70. The standard InChI is InChI=1S/C20H21N5O4S2.2ClH/c1-31(27,28)17-10-13(19(26)25-20(21)22)4-7-15(17)29-14-5-2-12(3-6-14)16(30)11-18-23-8-9-24-18;;/h2-7,10H,8-9,11H2,1H3,(H,23,24)(H4,21,22,25,26);2*1H. The highest BCUT2D eigenvalue weighted by Crippen LogP contribution is 2.30. The number of ether oxygens (including phenoxy) is 1. The number of nitrogens with one attached hydrogen (secondary N) is 3. The number of aliphatic imine (C=N–C) groups is 1. The molecule has 2 aromatic carbocycles. The third-order valence-electron chi connectivity index (χ3n) is 4.33. The fraction of sp³-hybridized carbons (Fsp3) is 0.200. The number of carbonyl (C=O) groups excluding carboxylic acids is 1. The van der Waals surface area contributed by atoms with Crippen LogP contribution in [0.15, 0.2) is 52.4 Å². The first kappa shape index (κ1) is 28.3. The van der Waals surface area contributed by atoms with Crippen LogP contribution in [0.3, 0.4) is 0 Å². The lowest BCUT2D eigenvalue weighted by atomic mass is 10.1. The maximum absolute atomic E-state index is 12.2. The number of amidine groups is 1. The summed E-state index contributed by atoms with van der Waals surface area (Å²) in [4.78, 5) is 16.9. The fourth-order valence-corrected chi connectivity index (χ4v) is 3.96. The second-order valence-corrected chi connectivity index (χ2v) is 9.26. The molecule has 0 spiro atoms. The molecular formula is C20H23Cl2N5O4S2. The molecule has 0 fully saturated rings. The molecule has 3 rings (SSSR count). The van der Waals surface area contributed by atoms with E-state index in [-0.39, 0.29) is 41.0 Å². The highest BCUT2D eigenvalue weighted by molar-refractivity contribution is 7.90. The summed E-state index contributed by atoms with van der Waals surface area (Å²) in [5, 5.41) is 12.4. The first-order chi connectivity index (χ1) is 14.6. The van der Waals surface area contributed by atoms with Gasteiger partial charge in [-0.05, 0) is 35.9 Å². The second kappa shape index (κ2) is 11.9. The molecule has 0 bridgehead atoms. The smallest absolute Gasteiger partial charge is 0.257 e. The molecule has 5 N–H and O–H groups in total. The van der Waals surface area contributed by atoms with Gasteiger partial charge in [0.1, 0.15) is 22.2 Å². The lowest BCUT2D eigenvalue weighted by molar-refractivity contribution is 0.0976. The molecule has 1 aliphatic rings. The van der Waals surface area contributed by atoms with Crippen LogP contribution in [-0.2, 0) is 9.84 Å². The van der Waals surface area contributed by atoms with Crippen LogP contribution in [0.1, 0.15) is 22.3 Å². The summed E-state index contributed by atoms with van der Waals surface area (Å²) in [5.41, 5.74) is 6.03. The van der Waals surface area contributed by atoms with E-state index >= 15 is 0 Å².